The van der Waals surface area contributed by atoms with E-state index in [0.717, 1.165) is 23.3 Å². The molecule has 0 saturated carbocycles. The van der Waals surface area contributed by atoms with Crippen LogP contribution < -0.4 is 10.0 Å². The number of anilines is 2. The molecule has 12 nitrogen and oxygen atoms in total. The van der Waals surface area contributed by atoms with Gasteiger partial charge in [-0.15, -0.1) is 0 Å². The maximum atomic E-state index is 12.8. The maximum absolute atomic E-state index is 12.8. The van der Waals surface area contributed by atoms with Gasteiger partial charge in [-0.3, -0.25) is 24.7 Å². The Morgan fingerprint density at radius 2 is 1.60 bits per heavy atom. The van der Waals surface area contributed by atoms with E-state index in [9.17, 15) is 28.4 Å². The van der Waals surface area contributed by atoms with Crippen molar-refractivity contribution < 1.29 is 23.2 Å². The van der Waals surface area contributed by atoms with E-state index >= 15 is 0 Å². The number of nitrogens with zero attached hydrogens (tertiary/aromatic N) is 3. The third kappa shape index (κ3) is 5.63. The van der Waals surface area contributed by atoms with Crippen LogP contribution in [0.2, 0.25) is 0 Å². The number of hydrogen-bond acceptors (Lipinski definition) is 8. The van der Waals surface area contributed by atoms with Gasteiger partial charge in [-0.2, -0.15) is 5.10 Å². The third-order valence-corrected chi connectivity index (χ3v) is 7.15. The SMILES string of the molecule is O=C(Nc1ccc(-c2nc(-c3ccccc3)n[nH]2)cc1)c1ccc(NS(=O)(=O)c2cccc([N+](=O)[O-])c2)cc1O. The van der Waals surface area contributed by atoms with E-state index in [-0.39, 0.29) is 21.8 Å². The van der Waals surface area contributed by atoms with Crippen LogP contribution in [-0.4, -0.2) is 39.5 Å². The number of non-ortho nitro benzene ring substituents is 1. The zero-order valence-corrected chi connectivity index (χ0v) is 21.3. The van der Waals surface area contributed by atoms with Crippen molar-refractivity contribution in [1.29, 1.82) is 0 Å². The molecule has 0 saturated heterocycles. The minimum atomic E-state index is -4.19. The van der Waals surface area contributed by atoms with Crippen molar-refractivity contribution >= 4 is 33.0 Å². The summed E-state index contributed by atoms with van der Waals surface area (Å²) < 4.78 is 27.5. The van der Waals surface area contributed by atoms with E-state index in [1.54, 1.807) is 24.3 Å². The molecule has 13 heteroatoms. The predicted molar refractivity (Wildman–Crippen MR) is 147 cm³/mol. The van der Waals surface area contributed by atoms with Crippen LogP contribution in [0.5, 0.6) is 5.75 Å². The number of rotatable bonds is 8. The fourth-order valence-electron chi connectivity index (χ4n) is 3.78. The van der Waals surface area contributed by atoms with Crippen molar-refractivity contribution in [2.45, 2.75) is 4.90 Å². The summed E-state index contributed by atoms with van der Waals surface area (Å²) in [6.07, 6.45) is 0. The highest BCUT2D eigenvalue weighted by Crippen LogP contribution is 2.27. The van der Waals surface area contributed by atoms with E-state index in [0.29, 0.717) is 17.3 Å². The molecule has 0 aliphatic carbocycles. The molecule has 1 heterocycles. The summed E-state index contributed by atoms with van der Waals surface area (Å²) in [5, 5.41) is 31.2. The quantitative estimate of drug-likeness (QED) is 0.155. The lowest BCUT2D eigenvalue weighted by Crippen LogP contribution is -2.14. The fourth-order valence-corrected chi connectivity index (χ4v) is 4.87. The smallest absolute Gasteiger partial charge is 0.270 e. The van der Waals surface area contributed by atoms with Crippen LogP contribution in [-0.2, 0) is 10.0 Å². The van der Waals surface area contributed by atoms with Crippen molar-refractivity contribution in [2.75, 3.05) is 10.0 Å². The highest BCUT2D eigenvalue weighted by molar-refractivity contribution is 7.92. The van der Waals surface area contributed by atoms with Gasteiger partial charge >= 0.3 is 0 Å². The number of nitro benzene ring substituents is 1. The highest BCUT2D eigenvalue weighted by Gasteiger charge is 2.19. The van der Waals surface area contributed by atoms with E-state index in [1.807, 2.05) is 30.3 Å². The zero-order chi connectivity index (χ0) is 28.3. The molecular formula is C27H20N6O6S. The van der Waals surface area contributed by atoms with Gasteiger partial charge in [-0.05, 0) is 42.5 Å². The van der Waals surface area contributed by atoms with Crippen molar-refractivity contribution in [1.82, 2.24) is 15.2 Å². The van der Waals surface area contributed by atoms with Crippen LogP contribution in [0.1, 0.15) is 10.4 Å². The minimum absolute atomic E-state index is 0.0353. The van der Waals surface area contributed by atoms with Gasteiger partial charge in [0, 0.05) is 35.0 Å². The second-order valence-electron chi connectivity index (χ2n) is 8.50. The highest BCUT2D eigenvalue weighted by atomic mass is 32.2. The number of aromatic nitrogens is 3. The summed E-state index contributed by atoms with van der Waals surface area (Å²) >= 11 is 0. The Balaban J connectivity index is 1.26. The lowest BCUT2D eigenvalue weighted by Gasteiger charge is -2.11. The molecule has 0 aliphatic heterocycles. The minimum Gasteiger partial charge on any atom is -0.507 e. The summed E-state index contributed by atoms with van der Waals surface area (Å²) in [6, 6.07) is 24.5. The molecule has 0 aliphatic rings. The number of hydrogen-bond donors (Lipinski definition) is 4. The molecule has 0 spiro atoms. The maximum Gasteiger partial charge on any atom is 0.270 e. The largest absolute Gasteiger partial charge is 0.507 e. The number of sulfonamides is 1. The summed E-state index contributed by atoms with van der Waals surface area (Å²) in [4.78, 5) is 27.2. The van der Waals surface area contributed by atoms with Crippen molar-refractivity contribution in [3.63, 3.8) is 0 Å². The predicted octanol–water partition coefficient (Wildman–Crippen LogP) is 4.81. The second kappa shape index (κ2) is 10.7. The first-order valence-electron chi connectivity index (χ1n) is 11.7. The number of carbonyl (C=O) groups excluding carboxylic acids is 1. The standard InChI is InChI=1S/C27H20N6O6S/c34-24-15-20(32-40(38,39)22-8-4-7-21(16-22)33(36)37)13-14-23(24)27(35)28-19-11-9-18(10-12-19)26-29-25(30-31-26)17-5-2-1-3-6-17/h1-16,32,34H,(H,28,35)(H,29,30,31). The van der Waals surface area contributed by atoms with Crippen LogP contribution >= 0.6 is 0 Å². The lowest BCUT2D eigenvalue weighted by molar-refractivity contribution is -0.385. The molecule has 0 radical (unpaired) electrons. The van der Waals surface area contributed by atoms with Crippen molar-refractivity contribution in [3.05, 3.63) is 113 Å². The first kappa shape index (κ1) is 26.1. The van der Waals surface area contributed by atoms with Gasteiger partial charge in [0.25, 0.3) is 21.6 Å². The van der Waals surface area contributed by atoms with Crippen LogP contribution in [0, 0.1) is 10.1 Å². The number of phenols is 1. The molecule has 0 bridgehead atoms. The van der Waals surface area contributed by atoms with Gasteiger partial charge in [-0.25, -0.2) is 13.4 Å². The number of nitrogens with one attached hydrogen (secondary N) is 3. The van der Waals surface area contributed by atoms with E-state index in [4.69, 9.17) is 0 Å². The van der Waals surface area contributed by atoms with Gasteiger partial charge in [0.1, 0.15) is 5.75 Å². The molecule has 0 unspecified atom stereocenters. The molecule has 5 rings (SSSR count). The van der Waals surface area contributed by atoms with Crippen LogP contribution in [0.3, 0.4) is 0 Å². The molecule has 1 amide bonds. The van der Waals surface area contributed by atoms with Gasteiger partial charge in [-0.1, -0.05) is 36.4 Å². The number of aromatic hydroxyl groups is 1. The summed E-state index contributed by atoms with van der Waals surface area (Å²) in [5.41, 5.74) is 1.55. The Morgan fingerprint density at radius 1 is 0.875 bits per heavy atom. The summed E-state index contributed by atoms with van der Waals surface area (Å²) in [6.45, 7) is 0. The Bertz CT molecular complexity index is 1820. The number of benzene rings is 4. The molecule has 5 aromatic rings. The second-order valence-corrected chi connectivity index (χ2v) is 10.2. The number of H-pyrrole nitrogens is 1. The average Bonchev–Trinajstić information content (AvgIpc) is 3.44. The normalized spacial score (nSPS) is 11.1. The Labute approximate surface area is 227 Å². The monoisotopic (exact) mass is 556 g/mol. The summed E-state index contributed by atoms with van der Waals surface area (Å²) in [5.74, 6) is 0.0182. The van der Waals surface area contributed by atoms with Crippen LogP contribution in [0.4, 0.5) is 17.1 Å². The molecule has 0 atom stereocenters. The first-order valence-corrected chi connectivity index (χ1v) is 13.2. The van der Waals surface area contributed by atoms with E-state index < -0.39 is 26.6 Å². The summed E-state index contributed by atoms with van der Waals surface area (Å²) in [7, 11) is -4.19. The number of nitro groups is 1. The molecule has 1 aromatic heterocycles. The Kier molecular flexibility index (Phi) is 6.95. The van der Waals surface area contributed by atoms with E-state index in [2.05, 4.69) is 25.2 Å². The van der Waals surface area contributed by atoms with Crippen molar-refractivity contribution in [2.24, 2.45) is 0 Å². The average molecular weight is 557 g/mol. The third-order valence-electron chi connectivity index (χ3n) is 5.77. The zero-order valence-electron chi connectivity index (χ0n) is 20.5. The Morgan fingerprint density at radius 3 is 2.30 bits per heavy atom. The van der Waals surface area contributed by atoms with Gasteiger partial charge < -0.3 is 10.4 Å². The van der Waals surface area contributed by atoms with Gasteiger partial charge in [0.15, 0.2) is 11.6 Å². The van der Waals surface area contributed by atoms with Gasteiger partial charge in [0.2, 0.25) is 0 Å². The number of phenolic OH excluding ortho intramolecular Hbond substituents is 1. The fraction of sp³-hybridized carbons (Fsp3) is 0. The van der Waals surface area contributed by atoms with Crippen LogP contribution in [0.15, 0.2) is 102 Å². The Hall–Kier alpha value is -5.56. The number of aromatic amines is 1. The molecule has 4 N–H and O–H groups in total. The topological polar surface area (TPSA) is 180 Å². The first-order chi connectivity index (χ1) is 19.2. The van der Waals surface area contributed by atoms with Gasteiger partial charge in [0.05, 0.1) is 21.1 Å². The number of carbonyl (C=O) groups is 1. The number of amides is 1. The molecule has 0 fully saturated rings. The molecule has 40 heavy (non-hydrogen) atoms. The van der Waals surface area contributed by atoms with Crippen molar-refractivity contribution in [3.8, 4) is 28.5 Å². The molecule has 4 aromatic carbocycles. The van der Waals surface area contributed by atoms with Crippen LogP contribution in [0.25, 0.3) is 22.8 Å². The molecular weight excluding hydrogens is 536 g/mol. The van der Waals surface area contributed by atoms with E-state index in [1.165, 1.54) is 30.3 Å². The molecule has 200 valence electrons. The lowest BCUT2D eigenvalue weighted by atomic mass is 10.1.